The van der Waals surface area contributed by atoms with Gasteiger partial charge in [-0.05, 0) is 54.0 Å². The van der Waals surface area contributed by atoms with Crippen LogP contribution in [-0.2, 0) is 14.4 Å². The highest BCUT2D eigenvalue weighted by Gasteiger charge is 2.50. The highest BCUT2D eigenvalue weighted by Crippen LogP contribution is 2.51. The molecule has 39 heavy (non-hydrogen) atoms. The second-order valence-electron chi connectivity index (χ2n) is 8.83. The fourth-order valence-electron chi connectivity index (χ4n) is 3.99. The standard InChI is InChI=1S/C29H29Cl2N3O3S2/c30-22-10-4-19(5-11-22)8-14-25(35)24-3-1-2-21(18-27(32)33)29(24,39-38-17-16-28(34)37)26(36)15-9-20-6-12-23(31)13-7-20/h1-15,21,27H,16-18,32-33H2,(H2,34,37). The molecule has 10 heteroatoms. The number of hydrogen-bond acceptors (Lipinski definition) is 7. The second kappa shape index (κ2) is 14.7. The molecule has 0 bridgehead atoms. The first-order valence-corrected chi connectivity index (χ1v) is 15.1. The van der Waals surface area contributed by atoms with Crippen LogP contribution in [0.15, 0.2) is 84.5 Å². The number of benzene rings is 2. The number of nitrogens with two attached hydrogens (primary N) is 3. The first-order chi connectivity index (χ1) is 18.6. The van der Waals surface area contributed by atoms with Gasteiger partial charge in [-0.15, -0.1) is 0 Å². The lowest BCUT2D eigenvalue weighted by atomic mass is 9.74. The van der Waals surface area contributed by atoms with Crippen molar-refractivity contribution in [2.45, 2.75) is 23.8 Å². The van der Waals surface area contributed by atoms with Crippen LogP contribution in [0.3, 0.4) is 0 Å². The zero-order chi connectivity index (χ0) is 28.4. The zero-order valence-electron chi connectivity index (χ0n) is 21.0. The van der Waals surface area contributed by atoms with Crippen molar-refractivity contribution in [2.24, 2.45) is 23.1 Å². The van der Waals surface area contributed by atoms with E-state index in [-0.39, 0.29) is 24.4 Å². The van der Waals surface area contributed by atoms with E-state index in [4.69, 9.17) is 40.4 Å². The van der Waals surface area contributed by atoms with E-state index in [1.807, 2.05) is 6.08 Å². The molecule has 0 radical (unpaired) electrons. The smallest absolute Gasteiger partial charge is 0.218 e. The molecule has 3 rings (SSSR count). The number of hydrogen-bond donors (Lipinski definition) is 3. The topological polar surface area (TPSA) is 129 Å². The van der Waals surface area contributed by atoms with Gasteiger partial charge in [0, 0.05) is 33.7 Å². The van der Waals surface area contributed by atoms with Gasteiger partial charge in [-0.25, -0.2) is 0 Å². The Hall–Kier alpha value is -2.59. The Morgan fingerprint density at radius 3 is 2.03 bits per heavy atom. The normalized spacial score (nSPS) is 19.1. The van der Waals surface area contributed by atoms with Crippen LogP contribution in [0.2, 0.25) is 10.0 Å². The Labute approximate surface area is 246 Å². The third-order valence-corrected chi connectivity index (χ3v) is 9.52. The SMILES string of the molecule is NC(=O)CCSSC1(C(=O)C=Cc2ccc(Cl)cc2)C(C(=O)C=Cc2ccc(Cl)cc2)=CC=CC1CC(N)N. The molecule has 2 aromatic carbocycles. The van der Waals surface area contributed by atoms with Crippen LogP contribution in [0.1, 0.15) is 24.0 Å². The molecule has 1 aliphatic carbocycles. The molecule has 2 atom stereocenters. The Bertz CT molecular complexity index is 1310. The summed E-state index contributed by atoms with van der Waals surface area (Å²) in [6, 6.07) is 14.1. The molecular formula is C29H29Cl2N3O3S2. The Kier molecular flexibility index (Phi) is 11.7. The van der Waals surface area contributed by atoms with Crippen LogP contribution in [0.5, 0.6) is 0 Å². The molecule has 0 heterocycles. The molecule has 0 spiro atoms. The van der Waals surface area contributed by atoms with Gasteiger partial charge in [0.1, 0.15) is 4.75 Å². The number of rotatable bonds is 13. The third kappa shape index (κ3) is 8.70. The minimum Gasteiger partial charge on any atom is -0.370 e. The largest absolute Gasteiger partial charge is 0.370 e. The minimum absolute atomic E-state index is 0.128. The lowest BCUT2D eigenvalue weighted by Crippen LogP contribution is -2.49. The van der Waals surface area contributed by atoms with Crippen molar-refractivity contribution in [3.8, 4) is 0 Å². The molecular weight excluding hydrogens is 573 g/mol. The summed E-state index contributed by atoms with van der Waals surface area (Å²) in [5.74, 6) is -1.21. The number of allylic oxidation sites excluding steroid dienone is 5. The summed E-state index contributed by atoms with van der Waals surface area (Å²) in [6.07, 6.45) is 11.2. The first-order valence-electron chi connectivity index (χ1n) is 12.1. The van der Waals surface area contributed by atoms with Crippen LogP contribution < -0.4 is 17.2 Å². The second-order valence-corrected chi connectivity index (χ2v) is 12.4. The van der Waals surface area contributed by atoms with E-state index in [9.17, 15) is 14.4 Å². The van der Waals surface area contributed by atoms with Crippen molar-refractivity contribution in [3.63, 3.8) is 0 Å². The number of halogens is 2. The maximum atomic E-state index is 14.1. The van der Waals surface area contributed by atoms with E-state index < -0.39 is 22.7 Å². The average Bonchev–Trinajstić information content (AvgIpc) is 2.90. The van der Waals surface area contributed by atoms with Gasteiger partial charge < -0.3 is 17.2 Å². The minimum atomic E-state index is -1.35. The molecule has 0 aliphatic heterocycles. The van der Waals surface area contributed by atoms with Crippen molar-refractivity contribution in [1.29, 1.82) is 0 Å². The van der Waals surface area contributed by atoms with Crippen molar-refractivity contribution in [3.05, 3.63) is 106 Å². The van der Waals surface area contributed by atoms with Gasteiger partial charge >= 0.3 is 0 Å². The molecule has 2 unspecified atom stereocenters. The highest BCUT2D eigenvalue weighted by molar-refractivity contribution is 8.77. The lowest BCUT2D eigenvalue weighted by Gasteiger charge is -2.40. The van der Waals surface area contributed by atoms with Crippen LogP contribution in [0.25, 0.3) is 12.2 Å². The summed E-state index contributed by atoms with van der Waals surface area (Å²) in [4.78, 5) is 39.2. The van der Waals surface area contributed by atoms with Gasteiger partial charge in [0.05, 0.1) is 6.17 Å². The Morgan fingerprint density at radius 1 is 0.923 bits per heavy atom. The summed E-state index contributed by atoms with van der Waals surface area (Å²) in [7, 11) is 2.53. The van der Waals surface area contributed by atoms with E-state index in [2.05, 4.69) is 0 Å². The average molecular weight is 603 g/mol. The van der Waals surface area contributed by atoms with Gasteiger partial charge in [-0.1, -0.05) is 99.4 Å². The fourth-order valence-corrected chi connectivity index (χ4v) is 7.45. The van der Waals surface area contributed by atoms with Gasteiger partial charge in [0.15, 0.2) is 11.6 Å². The summed E-state index contributed by atoms with van der Waals surface area (Å²) in [6.45, 7) is 0. The quantitative estimate of drug-likeness (QED) is 0.118. The monoisotopic (exact) mass is 601 g/mol. The summed E-state index contributed by atoms with van der Waals surface area (Å²) in [5.41, 5.74) is 19.1. The van der Waals surface area contributed by atoms with E-state index in [0.717, 1.165) is 11.1 Å². The molecule has 1 aliphatic rings. The fraction of sp³-hybridized carbons (Fsp3) is 0.207. The van der Waals surface area contributed by atoms with E-state index in [1.165, 1.54) is 33.7 Å². The zero-order valence-corrected chi connectivity index (χ0v) is 24.1. The van der Waals surface area contributed by atoms with Gasteiger partial charge in [-0.3, -0.25) is 14.4 Å². The molecule has 6 N–H and O–H groups in total. The first kappa shape index (κ1) is 30.9. The Balaban J connectivity index is 2.04. The Morgan fingerprint density at radius 2 is 1.49 bits per heavy atom. The number of primary amides is 1. The number of amides is 1. The van der Waals surface area contributed by atoms with E-state index in [1.54, 1.807) is 72.8 Å². The van der Waals surface area contributed by atoms with Crippen LogP contribution in [0, 0.1) is 5.92 Å². The lowest BCUT2D eigenvalue weighted by molar-refractivity contribution is -0.119. The van der Waals surface area contributed by atoms with Crippen LogP contribution in [-0.4, -0.2) is 34.1 Å². The molecule has 2 aromatic rings. The molecule has 1 amide bonds. The number of carbonyl (C=O) groups is 3. The van der Waals surface area contributed by atoms with E-state index in [0.29, 0.717) is 21.4 Å². The summed E-state index contributed by atoms with van der Waals surface area (Å²) >= 11 is 12.0. The number of carbonyl (C=O) groups excluding carboxylic acids is 3. The predicted octanol–water partition coefficient (Wildman–Crippen LogP) is 5.60. The van der Waals surface area contributed by atoms with E-state index >= 15 is 0 Å². The molecule has 0 saturated carbocycles. The summed E-state index contributed by atoms with van der Waals surface area (Å²) < 4.78 is -1.35. The third-order valence-electron chi connectivity index (χ3n) is 5.90. The van der Waals surface area contributed by atoms with Crippen LogP contribution >= 0.6 is 44.8 Å². The van der Waals surface area contributed by atoms with Crippen molar-refractivity contribution < 1.29 is 14.4 Å². The van der Waals surface area contributed by atoms with Gasteiger partial charge in [0.25, 0.3) is 0 Å². The molecule has 0 aromatic heterocycles. The summed E-state index contributed by atoms with van der Waals surface area (Å²) in [5, 5.41) is 1.16. The maximum Gasteiger partial charge on any atom is 0.218 e. The van der Waals surface area contributed by atoms with Crippen molar-refractivity contribution >= 4 is 74.4 Å². The predicted molar refractivity (Wildman–Crippen MR) is 165 cm³/mol. The van der Waals surface area contributed by atoms with Gasteiger partial charge in [-0.2, -0.15) is 0 Å². The molecule has 0 saturated heterocycles. The van der Waals surface area contributed by atoms with Gasteiger partial charge in [0.2, 0.25) is 5.91 Å². The van der Waals surface area contributed by atoms with Crippen molar-refractivity contribution in [2.75, 3.05) is 5.75 Å². The molecule has 204 valence electrons. The molecule has 6 nitrogen and oxygen atoms in total. The van der Waals surface area contributed by atoms with Crippen LogP contribution in [0.4, 0.5) is 0 Å². The highest BCUT2D eigenvalue weighted by atomic mass is 35.5. The number of ketones is 2. The molecule has 0 fully saturated rings. The van der Waals surface area contributed by atoms with Crippen molar-refractivity contribution in [1.82, 2.24) is 0 Å². The maximum absolute atomic E-state index is 14.1.